The summed E-state index contributed by atoms with van der Waals surface area (Å²) >= 11 is 11.8. The van der Waals surface area contributed by atoms with E-state index in [2.05, 4.69) is 22.3 Å². The van der Waals surface area contributed by atoms with Crippen molar-refractivity contribution in [1.82, 2.24) is 9.80 Å². The van der Waals surface area contributed by atoms with E-state index in [0.717, 1.165) is 19.5 Å². The number of anilines is 1. The summed E-state index contributed by atoms with van der Waals surface area (Å²) in [6.45, 7) is 1.87. The number of rotatable bonds is 5. The Hall–Kier alpha value is -2.08. The number of benzene rings is 2. The SMILES string of the molecule is CN(CC(=O)Nc1ccc(Cl)c(Cl)c1)C(=O)CN1CCc2ccccc2C1. The largest absolute Gasteiger partial charge is 0.335 e. The van der Waals surface area contributed by atoms with Crippen LogP contribution in [0.25, 0.3) is 0 Å². The van der Waals surface area contributed by atoms with E-state index in [9.17, 15) is 9.59 Å². The Bertz CT molecular complexity index is 857. The first-order chi connectivity index (χ1) is 12.9. The van der Waals surface area contributed by atoms with Crippen molar-refractivity contribution in [2.45, 2.75) is 13.0 Å². The zero-order chi connectivity index (χ0) is 19.4. The van der Waals surface area contributed by atoms with Crippen molar-refractivity contribution in [3.63, 3.8) is 0 Å². The van der Waals surface area contributed by atoms with Gasteiger partial charge in [0, 0.05) is 25.8 Å². The molecule has 0 aliphatic carbocycles. The first kappa shape index (κ1) is 19.7. The van der Waals surface area contributed by atoms with Gasteiger partial charge in [-0.05, 0) is 35.7 Å². The van der Waals surface area contributed by atoms with Crippen molar-refractivity contribution in [1.29, 1.82) is 0 Å². The van der Waals surface area contributed by atoms with E-state index < -0.39 is 0 Å². The van der Waals surface area contributed by atoms with E-state index in [-0.39, 0.29) is 18.4 Å². The molecule has 0 fully saturated rings. The second-order valence-corrected chi connectivity index (χ2v) is 7.47. The van der Waals surface area contributed by atoms with Gasteiger partial charge in [0.1, 0.15) is 0 Å². The Morgan fingerprint density at radius 3 is 2.59 bits per heavy atom. The summed E-state index contributed by atoms with van der Waals surface area (Å²) in [5.74, 6) is -0.369. The van der Waals surface area contributed by atoms with Crippen molar-refractivity contribution in [3.05, 3.63) is 63.6 Å². The quantitative estimate of drug-likeness (QED) is 0.828. The van der Waals surface area contributed by atoms with E-state index in [1.54, 1.807) is 25.2 Å². The number of carbonyl (C=O) groups is 2. The van der Waals surface area contributed by atoms with Crippen LogP contribution in [0.4, 0.5) is 5.69 Å². The maximum atomic E-state index is 12.5. The number of likely N-dealkylation sites (N-methyl/N-ethyl adjacent to an activating group) is 1. The lowest BCUT2D eigenvalue weighted by Gasteiger charge is -2.29. The summed E-state index contributed by atoms with van der Waals surface area (Å²) in [6, 6.07) is 13.1. The first-order valence-corrected chi connectivity index (χ1v) is 9.46. The molecule has 1 aliphatic rings. The van der Waals surface area contributed by atoms with E-state index in [0.29, 0.717) is 22.3 Å². The van der Waals surface area contributed by atoms with E-state index in [1.165, 1.54) is 16.0 Å². The summed E-state index contributed by atoms with van der Waals surface area (Å²) in [7, 11) is 1.63. The summed E-state index contributed by atoms with van der Waals surface area (Å²) in [6.07, 6.45) is 0.935. The van der Waals surface area contributed by atoms with Crippen LogP contribution in [0.1, 0.15) is 11.1 Å². The molecule has 0 radical (unpaired) electrons. The standard InChI is InChI=1S/C20H21Cl2N3O2/c1-24(12-19(26)23-16-6-7-17(21)18(22)10-16)20(27)13-25-9-8-14-4-2-3-5-15(14)11-25/h2-7,10H,8-9,11-13H2,1H3,(H,23,26). The van der Waals surface area contributed by atoms with Crippen LogP contribution in [0.15, 0.2) is 42.5 Å². The molecule has 2 amide bonds. The van der Waals surface area contributed by atoms with Crippen molar-refractivity contribution in [2.75, 3.05) is 32.0 Å². The molecule has 0 aromatic heterocycles. The Kier molecular flexibility index (Phi) is 6.37. The number of amides is 2. The van der Waals surface area contributed by atoms with Crippen LogP contribution >= 0.6 is 23.2 Å². The number of hydrogen-bond acceptors (Lipinski definition) is 3. The van der Waals surface area contributed by atoms with Gasteiger partial charge in [-0.3, -0.25) is 14.5 Å². The Balaban J connectivity index is 1.50. The van der Waals surface area contributed by atoms with Crippen molar-refractivity contribution in [3.8, 4) is 0 Å². The fraction of sp³-hybridized carbons (Fsp3) is 0.300. The predicted molar refractivity (Wildman–Crippen MR) is 108 cm³/mol. The fourth-order valence-corrected chi connectivity index (χ4v) is 3.38. The highest BCUT2D eigenvalue weighted by atomic mass is 35.5. The molecule has 27 heavy (non-hydrogen) atoms. The smallest absolute Gasteiger partial charge is 0.243 e. The number of nitrogens with one attached hydrogen (secondary N) is 1. The molecule has 1 aliphatic heterocycles. The molecular weight excluding hydrogens is 385 g/mol. The average Bonchev–Trinajstić information content (AvgIpc) is 2.64. The van der Waals surface area contributed by atoms with Crippen LogP contribution in [-0.4, -0.2) is 48.3 Å². The van der Waals surface area contributed by atoms with Crippen LogP contribution in [-0.2, 0) is 22.6 Å². The number of carbonyl (C=O) groups excluding carboxylic acids is 2. The van der Waals surface area contributed by atoms with Gasteiger partial charge in [-0.25, -0.2) is 0 Å². The van der Waals surface area contributed by atoms with Gasteiger partial charge in [0.05, 0.1) is 23.1 Å². The minimum absolute atomic E-state index is 0.0243. The molecule has 0 atom stereocenters. The average molecular weight is 406 g/mol. The summed E-state index contributed by atoms with van der Waals surface area (Å²) in [4.78, 5) is 28.2. The van der Waals surface area contributed by atoms with E-state index >= 15 is 0 Å². The monoisotopic (exact) mass is 405 g/mol. The van der Waals surface area contributed by atoms with Gasteiger partial charge in [-0.1, -0.05) is 47.5 Å². The molecule has 7 heteroatoms. The highest BCUT2D eigenvalue weighted by Crippen LogP contribution is 2.25. The minimum Gasteiger partial charge on any atom is -0.335 e. The molecule has 5 nitrogen and oxygen atoms in total. The molecule has 3 rings (SSSR count). The lowest BCUT2D eigenvalue weighted by atomic mass is 10.00. The van der Waals surface area contributed by atoms with Crippen LogP contribution in [0.3, 0.4) is 0 Å². The second-order valence-electron chi connectivity index (χ2n) is 6.66. The van der Waals surface area contributed by atoms with Gasteiger partial charge < -0.3 is 10.2 Å². The number of hydrogen-bond donors (Lipinski definition) is 1. The Labute approximate surface area is 168 Å². The van der Waals surface area contributed by atoms with Crippen LogP contribution < -0.4 is 5.32 Å². The molecule has 0 unspecified atom stereocenters. The maximum Gasteiger partial charge on any atom is 0.243 e. The zero-order valence-electron chi connectivity index (χ0n) is 15.0. The first-order valence-electron chi connectivity index (χ1n) is 8.70. The number of nitrogens with zero attached hydrogens (tertiary/aromatic N) is 2. The van der Waals surface area contributed by atoms with Crippen LogP contribution in [0.5, 0.6) is 0 Å². The van der Waals surface area contributed by atoms with Crippen molar-refractivity contribution >= 4 is 40.7 Å². The van der Waals surface area contributed by atoms with Crippen LogP contribution in [0.2, 0.25) is 10.0 Å². The summed E-state index contributed by atoms with van der Waals surface area (Å²) in [5.41, 5.74) is 3.15. The normalized spacial score (nSPS) is 13.7. The third kappa shape index (κ3) is 5.22. The summed E-state index contributed by atoms with van der Waals surface area (Å²) < 4.78 is 0. The highest BCUT2D eigenvalue weighted by Gasteiger charge is 2.21. The zero-order valence-corrected chi connectivity index (χ0v) is 16.6. The molecule has 1 heterocycles. The molecule has 2 aromatic carbocycles. The number of fused-ring (bicyclic) bond motifs is 1. The fourth-order valence-electron chi connectivity index (χ4n) is 3.08. The van der Waals surface area contributed by atoms with E-state index in [4.69, 9.17) is 23.2 Å². The third-order valence-electron chi connectivity index (χ3n) is 4.58. The lowest BCUT2D eigenvalue weighted by Crippen LogP contribution is -2.43. The molecule has 142 valence electrons. The van der Waals surface area contributed by atoms with Gasteiger partial charge in [0.15, 0.2) is 0 Å². The molecule has 2 aromatic rings. The number of halogens is 2. The summed E-state index contributed by atoms with van der Waals surface area (Å²) in [5, 5.41) is 3.51. The molecule has 0 saturated carbocycles. The van der Waals surface area contributed by atoms with E-state index in [1.807, 2.05) is 12.1 Å². The third-order valence-corrected chi connectivity index (χ3v) is 5.32. The molecule has 0 saturated heterocycles. The Morgan fingerprint density at radius 2 is 1.85 bits per heavy atom. The predicted octanol–water partition coefficient (Wildman–Crippen LogP) is 3.45. The highest BCUT2D eigenvalue weighted by molar-refractivity contribution is 6.42. The molecule has 1 N–H and O–H groups in total. The van der Waals surface area contributed by atoms with Gasteiger partial charge in [-0.15, -0.1) is 0 Å². The maximum absolute atomic E-state index is 12.5. The van der Waals surface area contributed by atoms with Gasteiger partial charge in [0.25, 0.3) is 0 Å². The van der Waals surface area contributed by atoms with Crippen molar-refractivity contribution < 1.29 is 9.59 Å². The van der Waals surface area contributed by atoms with Gasteiger partial charge in [-0.2, -0.15) is 0 Å². The second kappa shape index (κ2) is 8.74. The van der Waals surface area contributed by atoms with Crippen molar-refractivity contribution in [2.24, 2.45) is 0 Å². The molecular formula is C20H21Cl2N3O2. The van der Waals surface area contributed by atoms with Gasteiger partial charge in [0.2, 0.25) is 11.8 Å². The topological polar surface area (TPSA) is 52.7 Å². The van der Waals surface area contributed by atoms with Gasteiger partial charge >= 0.3 is 0 Å². The van der Waals surface area contributed by atoms with Crippen LogP contribution in [0, 0.1) is 0 Å². The Morgan fingerprint density at radius 1 is 1.11 bits per heavy atom. The molecule has 0 spiro atoms. The minimum atomic E-state index is -0.284. The molecule has 0 bridgehead atoms. The lowest BCUT2D eigenvalue weighted by molar-refractivity contribution is -0.134.